The number of ether oxygens (including phenoxy) is 2. The Morgan fingerprint density at radius 3 is 1.58 bits per heavy atom. The average molecular weight is 352 g/mol. The molecule has 2 aromatic carbocycles. The molecule has 4 heteroatoms. The third kappa shape index (κ3) is 3.35. The predicted octanol–water partition coefficient (Wildman–Crippen LogP) is 3.66. The van der Waals surface area contributed by atoms with Crippen LogP contribution in [0.1, 0.15) is 36.8 Å². The molecule has 0 fully saturated rings. The van der Waals surface area contributed by atoms with Gasteiger partial charge >= 0.3 is 0 Å². The van der Waals surface area contributed by atoms with Crippen molar-refractivity contribution >= 4 is 0 Å². The third-order valence-corrected chi connectivity index (χ3v) is 5.27. The average Bonchev–Trinajstić information content (AvgIpc) is 2.67. The second-order valence-electron chi connectivity index (χ2n) is 7.14. The van der Waals surface area contributed by atoms with Crippen molar-refractivity contribution < 1.29 is 19.7 Å². The number of benzene rings is 2. The van der Waals surface area contributed by atoms with Gasteiger partial charge in [0.1, 0.15) is 22.7 Å². The first-order chi connectivity index (χ1) is 12.6. The number of hydrogen-bond acceptors (Lipinski definition) is 4. The molecule has 136 valence electrons. The van der Waals surface area contributed by atoms with Crippen molar-refractivity contribution in [2.24, 2.45) is 0 Å². The van der Waals surface area contributed by atoms with Crippen molar-refractivity contribution in [1.82, 2.24) is 0 Å². The molecule has 2 aromatic rings. The maximum absolute atomic E-state index is 11.1. The van der Waals surface area contributed by atoms with Crippen LogP contribution >= 0.6 is 0 Å². The highest BCUT2D eigenvalue weighted by atomic mass is 16.5. The summed E-state index contributed by atoms with van der Waals surface area (Å²) in [7, 11) is 0. The lowest BCUT2D eigenvalue weighted by Gasteiger charge is -2.36. The van der Waals surface area contributed by atoms with Crippen LogP contribution in [0.2, 0.25) is 0 Å². The zero-order valence-electron chi connectivity index (χ0n) is 14.7. The van der Waals surface area contributed by atoms with E-state index in [1.54, 1.807) is 12.2 Å². The Morgan fingerprint density at radius 2 is 1.15 bits per heavy atom. The zero-order chi connectivity index (χ0) is 18.0. The molecular formula is C22H24O4. The first-order valence-corrected chi connectivity index (χ1v) is 9.19. The van der Waals surface area contributed by atoms with Crippen molar-refractivity contribution in [3.8, 4) is 11.5 Å². The summed E-state index contributed by atoms with van der Waals surface area (Å²) in [5.74, 6) is 1.51. The largest absolute Gasteiger partial charge is 0.494 e. The van der Waals surface area contributed by atoms with Crippen LogP contribution in [0.5, 0.6) is 11.5 Å². The van der Waals surface area contributed by atoms with Crippen LogP contribution in [0.25, 0.3) is 0 Å². The van der Waals surface area contributed by atoms with E-state index in [2.05, 4.69) is 0 Å². The smallest absolute Gasteiger partial charge is 0.119 e. The highest BCUT2D eigenvalue weighted by molar-refractivity contribution is 5.40. The van der Waals surface area contributed by atoms with Crippen molar-refractivity contribution in [3.05, 3.63) is 71.8 Å². The summed E-state index contributed by atoms with van der Waals surface area (Å²) in [4.78, 5) is 0. The molecule has 0 spiro atoms. The topological polar surface area (TPSA) is 58.9 Å². The van der Waals surface area contributed by atoms with E-state index in [-0.39, 0.29) is 0 Å². The van der Waals surface area contributed by atoms with Gasteiger partial charge in [-0.25, -0.2) is 0 Å². The lowest BCUT2D eigenvalue weighted by Crippen LogP contribution is -2.35. The fourth-order valence-electron chi connectivity index (χ4n) is 3.60. The minimum Gasteiger partial charge on any atom is -0.494 e. The van der Waals surface area contributed by atoms with Crippen LogP contribution in [-0.4, -0.2) is 23.4 Å². The molecule has 0 amide bonds. The second-order valence-corrected chi connectivity index (χ2v) is 7.14. The summed E-state index contributed by atoms with van der Waals surface area (Å²) < 4.78 is 11.6. The Bertz CT molecular complexity index is 748. The number of fused-ring (bicyclic) bond motifs is 6. The molecule has 3 aliphatic rings. The van der Waals surface area contributed by atoms with Gasteiger partial charge in [-0.15, -0.1) is 0 Å². The van der Waals surface area contributed by atoms with Crippen LogP contribution in [0.15, 0.2) is 60.7 Å². The van der Waals surface area contributed by atoms with E-state index in [0.717, 1.165) is 35.5 Å². The summed E-state index contributed by atoms with van der Waals surface area (Å²) in [5.41, 5.74) is -0.622. The summed E-state index contributed by atoms with van der Waals surface area (Å²) in [5, 5.41) is 22.2. The normalized spacial score (nSPS) is 28.2. The second kappa shape index (κ2) is 6.78. The molecule has 6 bridgehead atoms. The van der Waals surface area contributed by atoms with Gasteiger partial charge in [-0.2, -0.15) is 0 Å². The van der Waals surface area contributed by atoms with Crippen LogP contribution < -0.4 is 9.47 Å². The zero-order valence-corrected chi connectivity index (χ0v) is 14.7. The van der Waals surface area contributed by atoms with Crippen LogP contribution in [0.3, 0.4) is 0 Å². The number of rotatable bonds is 0. The maximum Gasteiger partial charge on any atom is 0.119 e. The van der Waals surface area contributed by atoms with E-state index >= 15 is 0 Å². The van der Waals surface area contributed by atoms with Gasteiger partial charge in [0.15, 0.2) is 0 Å². The molecule has 2 atom stereocenters. The first kappa shape index (κ1) is 17.1. The van der Waals surface area contributed by atoms with E-state index in [4.69, 9.17) is 9.47 Å². The van der Waals surface area contributed by atoms with Gasteiger partial charge in [-0.05, 0) is 73.2 Å². The molecule has 1 aliphatic carbocycles. The SMILES string of the molecule is OC12C=CC(O)(CC1)c1cccc(c1)OCCCCOc1cccc2c1. The Balaban J connectivity index is 1.73. The predicted molar refractivity (Wildman–Crippen MR) is 99.3 cm³/mol. The van der Waals surface area contributed by atoms with Crippen molar-refractivity contribution in [1.29, 1.82) is 0 Å². The standard InChI is InChI=1S/C22H24O4/c23-21-9-11-22(24,12-10-21)18-6-4-8-20(16-18)26-14-2-1-13-25-19-7-3-5-17(21)15-19/h3-9,11,15-16,23-24H,1-2,10,12-14H2. The van der Waals surface area contributed by atoms with Gasteiger partial charge in [0.05, 0.1) is 13.2 Å². The fourth-order valence-corrected chi connectivity index (χ4v) is 3.60. The Kier molecular flexibility index (Phi) is 4.47. The van der Waals surface area contributed by atoms with Gasteiger partial charge in [0, 0.05) is 0 Å². The van der Waals surface area contributed by atoms with E-state index in [1.807, 2.05) is 48.5 Å². The fraction of sp³-hybridized carbons (Fsp3) is 0.364. The maximum atomic E-state index is 11.1. The van der Waals surface area contributed by atoms with E-state index in [0.29, 0.717) is 26.1 Å². The first-order valence-electron chi connectivity index (χ1n) is 9.19. The third-order valence-electron chi connectivity index (χ3n) is 5.27. The lowest BCUT2D eigenvalue weighted by molar-refractivity contribution is 0.00561. The molecule has 5 rings (SSSR count). The molecule has 26 heavy (non-hydrogen) atoms. The Hall–Kier alpha value is -2.30. The van der Waals surface area contributed by atoms with E-state index in [9.17, 15) is 10.2 Å². The number of aliphatic hydroxyl groups is 2. The van der Waals surface area contributed by atoms with Crippen molar-refractivity contribution in [2.75, 3.05) is 13.2 Å². The minimum absolute atomic E-state index is 0.425. The summed E-state index contributed by atoms with van der Waals surface area (Å²) in [6.07, 6.45) is 6.03. The lowest BCUT2D eigenvalue weighted by atomic mass is 9.76. The summed E-state index contributed by atoms with van der Waals surface area (Å²) in [6, 6.07) is 15.2. The molecule has 2 N–H and O–H groups in total. The molecule has 0 saturated carbocycles. The summed E-state index contributed by atoms with van der Waals surface area (Å²) in [6.45, 7) is 1.22. The number of hydrogen-bond donors (Lipinski definition) is 2. The molecule has 0 saturated heterocycles. The van der Waals surface area contributed by atoms with Gasteiger partial charge in [0.25, 0.3) is 0 Å². The molecule has 2 heterocycles. The van der Waals surface area contributed by atoms with Gasteiger partial charge in [-0.1, -0.05) is 24.3 Å². The monoisotopic (exact) mass is 352 g/mol. The van der Waals surface area contributed by atoms with Gasteiger partial charge < -0.3 is 19.7 Å². The van der Waals surface area contributed by atoms with Crippen LogP contribution in [0.4, 0.5) is 0 Å². The van der Waals surface area contributed by atoms with E-state index < -0.39 is 11.2 Å². The van der Waals surface area contributed by atoms with Crippen molar-refractivity contribution in [3.63, 3.8) is 0 Å². The van der Waals surface area contributed by atoms with Crippen LogP contribution in [-0.2, 0) is 11.2 Å². The van der Waals surface area contributed by atoms with Crippen molar-refractivity contribution in [2.45, 2.75) is 36.9 Å². The van der Waals surface area contributed by atoms with E-state index in [1.165, 1.54) is 0 Å². The van der Waals surface area contributed by atoms with Gasteiger partial charge in [0.2, 0.25) is 0 Å². The quantitative estimate of drug-likeness (QED) is 0.711. The molecular weight excluding hydrogens is 328 g/mol. The molecule has 2 aliphatic heterocycles. The minimum atomic E-state index is -1.10. The Labute approximate surface area is 153 Å². The Morgan fingerprint density at radius 1 is 0.692 bits per heavy atom. The highest BCUT2D eigenvalue weighted by Gasteiger charge is 2.38. The molecule has 4 nitrogen and oxygen atoms in total. The van der Waals surface area contributed by atoms with Gasteiger partial charge in [-0.3, -0.25) is 0 Å². The highest BCUT2D eigenvalue weighted by Crippen LogP contribution is 2.42. The molecule has 0 aromatic heterocycles. The molecule has 2 unspecified atom stereocenters. The summed E-state index contributed by atoms with van der Waals surface area (Å²) >= 11 is 0. The van der Waals surface area contributed by atoms with Crippen LogP contribution in [0, 0.1) is 0 Å². The molecule has 0 radical (unpaired) electrons.